The molecule has 0 spiro atoms. The molecule has 0 radical (unpaired) electrons. The Morgan fingerprint density at radius 3 is 2.68 bits per heavy atom. The molecular formula is C18H25N7O2S. The van der Waals surface area contributed by atoms with Crippen LogP contribution in [-0.2, 0) is 10.0 Å². The molecule has 3 heterocycles. The number of nitrogens with zero attached hydrogens (tertiary/aromatic N) is 6. The summed E-state index contributed by atoms with van der Waals surface area (Å²) in [5.41, 5.74) is 2.53. The summed E-state index contributed by atoms with van der Waals surface area (Å²) in [5.74, 6) is 0.695. The maximum absolute atomic E-state index is 12.0. The van der Waals surface area contributed by atoms with Crippen LogP contribution >= 0.6 is 0 Å². The highest BCUT2D eigenvalue weighted by molar-refractivity contribution is 7.89. The third-order valence-corrected chi connectivity index (χ3v) is 7.10. The van der Waals surface area contributed by atoms with Gasteiger partial charge >= 0.3 is 0 Å². The Hall–Kier alpha value is -2.33. The van der Waals surface area contributed by atoms with E-state index in [-0.39, 0.29) is 17.8 Å². The Bertz CT molecular complexity index is 1100. The van der Waals surface area contributed by atoms with Crippen LogP contribution in [0.3, 0.4) is 0 Å². The summed E-state index contributed by atoms with van der Waals surface area (Å²) in [6.45, 7) is 6.85. The normalized spacial score (nSPS) is 17.0. The molecule has 150 valence electrons. The van der Waals surface area contributed by atoms with Gasteiger partial charge in [-0.25, -0.2) is 27.4 Å². The highest BCUT2D eigenvalue weighted by Gasteiger charge is 2.27. The lowest BCUT2D eigenvalue weighted by Crippen LogP contribution is -2.43. The van der Waals surface area contributed by atoms with Gasteiger partial charge in [0, 0.05) is 36.8 Å². The summed E-state index contributed by atoms with van der Waals surface area (Å²) in [7, 11) is -3.12. The number of hydrogen-bond donors (Lipinski definition) is 1. The van der Waals surface area contributed by atoms with Crippen LogP contribution in [0.1, 0.15) is 39.7 Å². The van der Waals surface area contributed by atoms with Crippen LogP contribution < -0.4 is 5.32 Å². The van der Waals surface area contributed by atoms with Gasteiger partial charge in [0.1, 0.15) is 16.6 Å². The zero-order valence-electron chi connectivity index (χ0n) is 16.3. The molecule has 0 atom stereocenters. The number of sulfonamides is 1. The van der Waals surface area contributed by atoms with Crippen LogP contribution in [0.2, 0.25) is 0 Å². The van der Waals surface area contributed by atoms with E-state index in [1.807, 2.05) is 16.8 Å². The first-order chi connectivity index (χ1) is 13.4. The minimum absolute atomic E-state index is 0.145. The van der Waals surface area contributed by atoms with Crippen LogP contribution in [0.15, 0.2) is 18.3 Å². The minimum Gasteiger partial charge on any atom is -0.351 e. The topological polar surface area (TPSA) is 106 Å². The van der Waals surface area contributed by atoms with Crippen molar-refractivity contribution in [3.63, 3.8) is 0 Å². The average molecular weight is 404 g/mol. The van der Waals surface area contributed by atoms with Crippen LogP contribution in [0.4, 0.5) is 5.95 Å². The lowest BCUT2D eigenvalue weighted by molar-refractivity contribution is 0.329. The van der Waals surface area contributed by atoms with Gasteiger partial charge in [-0.2, -0.15) is 0 Å². The van der Waals surface area contributed by atoms with Crippen molar-refractivity contribution in [2.75, 3.05) is 24.2 Å². The lowest BCUT2D eigenvalue weighted by atomic mass is 10.1. The Morgan fingerprint density at radius 1 is 1.25 bits per heavy atom. The van der Waals surface area contributed by atoms with Gasteiger partial charge in [0.2, 0.25) is 16.0 Å². The molecule has 28 heavy (non-hydrogen) atoms. The SMILES string of the molecule is CCS(=O)(=O)N1CCC(Nc2ncc3ccc4nnn(C(C)C)c4c3n2)CC1. The molecule has 4 rings (SSSR count). The molecule has 1 aromatic carbocycles. The molecule has 1 fully saturated rings. The fourth-order valence-corrected chi connectivity index (χ4v) is 4.73. The summed E-state index contributed by atoms with van der Waals surface area (Å²) in [6, 6.07) is 4.21. The van der Waals surface area contributed by atoms with Gasteiger partial charge in [0.25, 0.3) is 0 Å². The number of benzene rings is 1. The highest BCUT2D eigenvalue weighted by atomic mass is 32.2. The summed E-state index contributed by atoms with van der Waals surface area (Å²) in [6.07, 6.45) is 3.27. The first kappa shape index (κ1) is 19.0. The number of fused-ring (bicyclic) bond motifs is 3. The van der Waals surface area contributed by atoms with Crippen molar-refractivity contribution in [3.8, 4) is 0 Å². The molecule has 10 heteroatoms. The Morgan fingerprint density at radius 2 is 2.00 bits per heavy atom. The number of hydrogen-bond acceptors (Lipinski definition) is 7. The van der Waals surface area contributed by atoms with Gasteiger partial charge in [-0.15, -0.1) is 5.10 Å². The standard InChI is InChI=1S/C18H25N7O2S/c1-4-28(26,27)24-9-7-14(8-10-24)20-18-19-11-13-5-6-15-17(16(13)21-18)25(12(2)3)23-22-15/h5-6,11-12,14H,4,7-10H2,1-3H3,(H,19,20,21). The number of rotatable bonds is 5. The summed E-state index contributed by atoms with van der Waals surface area (Å²) < 4.78 is 27.5. The molecule has 9 nitrogen and oxygen atoms in total. The largest absolute Gasteiger partial charge is 0.351 e. The van der Waals surface area contributed by atoms with E-state index in [1.54, 1.807) is 17.4 Å². The predicted molar refractivity (Wildman–Crippen MR) is 109 cm³/mol. The number of anilines is 1. The number of piperidine rings is 1. The van der Waals surface area contributed by atoms with Crippen molar-refractivity contribution in [1.29, 1.82) is 0 Å². The maximum atomic E-state index is 12.0. The van der Waals surface area contributed by atoms with Crippen molar-refractivity contribution in [1.82, 2.24) is 29.3 Å². The zero-order chi connectivity index (χ0) is 19.9. The smallest absolute Gasteiger partial charge is 0.223 e. The molecule has 1 N–H and O–H groups in total. The second kappa shape index (κ2) is 7.25. The molecule has 0 aliphatic carbocycles. The molecule has 3 aromatic rings. The van der Waals surface area contributed by atoms with Crippen molar-refractivity contribution in [3.05, 3.63) is 18.3 Å². The molecule has 1 aliphatic heterocycles. The van der Waals surface area contributed by atoms with Crippen LogP contribution in [0, 0.1) is 0 Å². The Balaban J connectivity index is 1.59. The predicted octanol–water partition coefficient (Wildman–Crippen LogP) is 2.18. The molecule has 1 aliphatic rings. The van der Waals surface area contributed by atoms with Crippen molar-refractivity contribution in [2.24, 2.45) is 0 Å². The third kappa shape index (κ3) is 3.42. The second-order valence-electron chi connectivity index (χ2n) is 7.41. The van der Waals surface area contributed by atoms with Gasteiger partial charge in [-0.1, -0.05) is 5.21 Å². The highest BCUT2D eigenvalue weighted by Crippen LogP contribution is 2.25. The van der Waals surface area contributed by atoms with Gasteiger partial charge in [-0.05, 0) is 45.7 Å². The van der Waals surface area contributed by atoms with E-state index in [2.05, 4.69) is 34.5 Å². The van der Waals surface area contributed by atoms with Crippen LogP contribution in [0.5, 0.6) is 0 Å². The van der Waals surface area contributed by atoms with E-state index in [9.17, 15) is 8.42 Å². The van der Waals surface area contributed by atoms with Crippen molar-refractivity contribution in [2.45, 2.75) is 45.7 Å². The van der Waals surface area contributed by atoms with Crippen molar-refractivity contribution < 1.29 is 8.42 Å². The van der Waals surface area contributed by atoms with Gasteiger partial charge in [-0.3, -0.25) is 0 Å². The van der Waals surface area contributed by atoms with E-state index >= 15 is 0 Å². The molecule has 1 saturated heterocycles. The van der Waals surface area contributed by atoms with Gasteiger partial charge in [0.05, 0.1) is 5.75 Å². The summed E-state index contributed by atoms with van der Waals surface area (Å²) in [5, 5.41) is 12.8. The minimum atomic E-state index is -3.12. The van der Waals surface area contributed by atoms with Crippen LogP contribution in [0.25, 0.3) is 21.9 Å². The first-order valence-electron chi connectivity index (χ1n) is 9.64. The van der Waals surface area contributed by atoms with Crippen molar-refractivity contribution >= 4 is 37.9 Å². The van der Waals surface area contributed by atoms with E-state index in [1.165, 1.54) is 0 Å². The first-order valence-corrected chi connectivity index (χ1v) is 11.2. The Labute approximate surface area is 164 Å². The zero-order valence-corrected chi connectivity index (χ0v) is 17.1. The van der Waals surface area contributed by atoms with Gasteiger partial charge < -0.3 is 5.32 Å². The maximum Gasteiger partial charge on any atom is 0.223 e. The van der Waals surface area contributed by atoms with E-state index in [0.29, 0.717) is 19.0 Å². The van der Waals surface area contributed by atoms with E-state index < -0.39 is 10.0 Å². The fourth-order valence-electron chi connectivity index (χ4n) is 3.59. The molecule has 2 aromatic heterocycles. The molecular weight excluding hydrogens is 378 g/mol. The third-order valence-electron chi connectivity index (χ3n) is 5.22. The fraction of sp³-hybridized carbons (Fsp3) is 0.556. The van der Waals surface area contributed by atoms with Gasteiger partial charge in [0.15, 0.2) is 0 Å². The molecule has 0 amide bonds. The second-order valence-corrected chi connectivity index (χ2v) is 9.67. The molecule has 0 unspecified atom stereocenters. The van der Waals surface area contributed by atoms with E-state index in [4.69, 9.17) is 4.98 Å². The Kier molecular flexibility index (Phi) is 4.92. The molecule has 0 bridgehead atoms. The monoisotopic (exact) mass is 403 g/mol. The van der Waals surface area contributed by atoms with E-state index in [0.717, 1.165) is 34.8 Å². The average Bonchev–Trinajstić information content (AvgIpc) is 3.13. The summed E-state index contributed by atoms with van der Waals surface area (Å²) in [4.78, 5) is 9.19. The lowest BCUT2D eigenvalue weighted by Gasteiger charge is -2.31. The number of aromatic nitrogens is 5. The number of nitrogens with one attached hydrogen (secondary N) is 1. The molecule has 0 saturated carbocycles. The van der Waals surface area contributed by atoms with Crippen LogP contribution in [-0.4, -0.2) is 62.6 Å². The summed E-state index contributed by atoms with van der Waals surface area (Å²) >= 11 is 0. The quantitative estimate of drug-likeness (QED) is 0.696.